The summed E-state index contributed by atoms with van der Waals surface area (Å²) < 4.78 is 15.9. The number of halogens is 1. The van der Waals surface area contributed by atoms with E-state index in [-0.39, 0.29) is 18.3 Å². The van der Waals surface area contributed by atoms with E-state index >= 15 is 0 Å². The van der Waals surface area contributed by atoms with Crippen LogP contribution in [0.15, 0.2) is 108 Å². The highest BCUT2D eigenvalue weighted by Gasteiger charge is 2.46. The van der Waals surface area contributed by atoms with Crippen LogP contribution >= 0.6 is 18.9 Å². The van der Waals surface area contributed by atoms with Crippen molar-refractivity contribution in [1.29, 1.82) is 0 Å². The number of carbonyl (C=O) groups excluding carboxylic acids is 1. The third kappa shape index (κ3) is 6.88. The standard InChI is InChI=1S/C32H35ClN5O4P/c1-24(39)34-29-19-20-38(31(40)35-29)30-22-37(21-28(42-30)23-41-43(33)36(2)3)32(25-13-7-4-8-14-25,26-15-9-5-10-16-26)27-17-11-6-12-18-27/h4-20,28,30H,21-23H2,1-3H3,(H,34,35,39,40)/t28-,30+,43?/m0/s1. The number of ether oxygens (including phenoxy) is 1. The molecular weight excluding hydrogens is 585 g/mol. The van der Waals surface area contributed by atoms with E-state index in [1.807, 2.05) is 73.4 Å². The van der Waals surface area contributed by atoms with Crippen molar-refractivity contribution in [3.8, 4) is 0 Å². The summed E-state index contributed by atoms with van der Waals surface area (Å²) in [5.74, 6) is -0.119. The third-order valence-electron chi connectivity index (χ3n) is 7.32. The molecule has 0 saturated carbocycles. The maximum atomic E-state index is 13.3. The van der Waals surface area contributed by atoms with Crippen LogP contribution in [0.3, 0.4) is 0 Å². The number of hydrogen-bond donors (Lipinski definition) is 1. The number of nitrogens with zero attached hydrogens (tertiary/aromatic N) is 4. The monoisotopic (exact) mass is 619 g/mol. The van der Waals surface area contributed by atoms with Crippen LogP contribution in [0, 0.1) is 0 Å². The van der Waals surface area contributed by atoms with Gasteiger partial charge >= 0.3 is 5.69 Å². The van der Waals surface area contributed by atoms with Crippen LogP contribution in [0.2, 0.25) is 0 Å². The van der Waals surface area contributed by atoms with Crippen molar-refractivity contribution < 1.29 is 14.1 Å². The Morgan fingerprint density at radius 3 is 1.98 bits per heavy atom. The van der Waals surface area contributed by atoms with Gasteiger partial charge in [-0.15, -0.1) is 0 Å². The second-order valence-corrected chi connectivity index (χ2v) is 12.9. The fourth-order valence-corrected chi connectivity index (χ4v) is 6.25. The van der Waals surface area contributed by atoms with Crippen LogP contribution in [0.5, 0.6) is 0 Å². The summed E-state index contributed by atoms with van der Waals surface area (Å²) in [6.07, 6.45) is 0.473. The van der Waals surface area contributed by atoms with E-state index < -0.39 is 31.2 Å². The summed E-state index contributed by atoms with van der Waals surface area (Å²) in [4.78, 5) is 31.3. The highest BCUT2D eigenvalue weighted by molar-refractivity contribution is 7.78. The van der Waals surface area contributed by atoms with Gasteiger partial charge in [-0.2, -0.15) is 4.98 Å². The SMILES string of the molecule is CC(=O)Nc1ccn([C@H]2CN(C(c3ccccc3)(c3ccccc3)c3ccccc3)C[C@@H](COP(Cl)N(C)C)O2)c(=O)n1. The highest BCUT2D eigenvalue weighted by Crippen LogP contribution is 2.46. The second kappa shape index (κ2) is 13.9. The molecule has 5 rings (SSSR count). The Balaban J connectivity index is 1.65. The Bertz CT molecular complexity index is 1460. The van der Waals surface area contributed by atoms with E-state index in [9.17, 15) is 9.59 Å². The topological polar surface area (TPSA) is 88.9 Å². The molecule has 2 heterocycles. The molecule has 1 amide bonds. The lowest BCUT2D eigenvalue weighted by molar-refractivity contribution is -0.147. The third-order valence-corrected chi connectivity index (χ3v) is 9.52. The molecule has 9 nitrogen and oxygen atoms in total. The number of nitrogens with one attached hydrogen (secondary N) is 1. The minimum atomic E-state index is -1.34. The lowest BCUT2D eigenvalue weighted by Crippen LogP contribution is -2.58. The first-order valence-electron chi connectivity index (χ1n) is 14.0. The number of hydrogen-bond acceptors (Lipinski definition) is 7. The first kappa shape index (κ1) is 31.0. The molecule has 11 heteroatoms. The van der Waals surface area contributed by atoms with Crippen LogP contribution in [0.25, 0.3) is 0 Å². The highest BCUT2D eigenvalue weighted by atomic mass is 35.7. The second-order valence-electron chi connectivity index (χ2n) is 10.5. The van der Waals surface area contributed by atoms with Crippen LogP contribution < -0.4 is 11.0 Å². The molecule has 1 unspecified atom stereocenters. The molecule has 1 aliphatic heterocycles. The summed E-state index contributed by atoms with van der Waals surface area (Å²) >= 11 is 6.49. The molecule has 224 valence electrons. The van der Waals surface area contributed by atoms with Crippen molar-refractivity contribution in [2.24, 2.45) is 0 Å². The van der Waals surface area contributed by atoms with Gasteiger partial charge in [-0.3, -0.25) is 18.9 Å². The van der Waals surface area contributed by atoms with Gasteiger partial charge in [-0.05, 0) is 48.1 Å². The van der Waals surface area contributed by atoms with Gasteiger partial charge in [-0.1, -0.05) is 91.0 Å². The molecule has 43 heavy (non-hydrogen) atoms. The van der Waals surface area contributed by atoms with Gasteiger partial charge in [0.05, 0.1) is 18.2 Å². The molecule has 1 N–H and O–H groups in total. The number of carbonyl (C=O) groups is 1. The molecule has 1 saturated heterocycles. The predicted octanol–water partition coefficient (Wildman–Crippen LogP) is 5.44. The van der Waals surface area contributed by atoms with Gasteiger partial charge in [0.25, 0.3) is 0 Å². The average Bonchev–Trinajstić information content (AvgIpc) is 3.01. The zero-order valence-corrected chi connectivity index (χ0v) is 26.0. The zero-order valence-electron chi connectivity index (χ0n) is 24.3. The predicted molar refractivity (Wildman–Crippen MR) is 170 cm³/mol. The van der Waals surface area contributed by atoms with Crippen molar-refractivity contribution in [3.05, 3.63) is 130 Å². The van der Waals surface area contributed by atoms with Gasteiger partial charge in [0.2, 0.25) is 13.6 Å². The van der Waals surface area contributed by atoms with Gasteiger partial charge in [-0.25, -0.2) is 4.79 Å². The van der Waals surface area contributed by atoms with E-state index in [0.717, 1.165) is 16.7 Å². The summed E-state index contributed by atoms with van der Waals surface area (Å²) in [7, 11) is 2.39. The van der Waals surface area contributed by atoms with Gasteiger partial charge in [0.1, 0.15) is 5.82 Å². The number of morpholine rings is 1. The number of aromatic nitrogens is 2. The molecule has 1 aliphatic rings. The minimum absolute atomic E-state index is 0.187. The average molecular weight is 620 g/mol. The molecule has 0 bridgehead atoms. The van der Waals surface area contributed by atoms with E-state index in [2.05, 4.69) is 51.6 Å². The molecular formula is C32H35ClN5O4P. The summed E-state index contributed by atoms with van der Waals surface area (Å²) in [5.41, 5.74) is 1.96. The quantitative estimate of drug-likeness (QED) is 0.187. The largest absolute Gasteiger partial charge is 0.351 e. The summed E-state index contributed by atoms with van der Waals surface area (Å²) in [6.45, 7) is 2.45. The Labute approximate surface area is 257 Å². The lowest BCUT2D eigenvalue weighted by Gasteiger charge is -2.50. The first-order chi connectivity index (χ1) is 20.8. The van der Waals surface area contributed by atoms with Crippen molar-refractivity contribution >= 4 is 30.6 Å². The van der Waals surface area contributed by atoms with E-state index in [0.29, 0.717) is 13.1 Å². The van der Waals surface area contributed by atoms with Crippen molar-refractivity contribution in [2.75, 3.05) is 39.1 Å². The van der Waals surface area contributed by atoms with Crippen LogP contribution in [-0.4, -0.2) is 64.9 Å². The Morgan fingerprint density at radius 1 is 0.977 bits per heavy atom. The fraction of sp³-hybridized carbons (Fsp3) is 0.281. The molecule has 1 fully saturated rings. The normalized spacial score (nSPS) is 18.3. The molecule has 0 spiro atoms. The zero-order chi connectivity index (χ0) is 30.4. The number of benzene rings is 3. The van der Waals surface area contributed by atoms with Crippen molar-refractivity contribution in [3.63, 3.8) is 0 Å². The van der Waals surface area contributed by atoms with Crippen LogP contribution in [0.1, 0.15) is 29.8 Å². The summed E-state index contributed by atoms with van der Waals surface area (Å²) in [5, 5.41) is 2.57. The van der Waals surface area contributed by atoms with Gasteiger partial charge in [0.15, 0.2) is 6.23 Å². The molecule has 1 aromatic heterocycles. The maximum absolute atomic E-state index is 13.3. The van der Waals surface area contributed by atoms with E-state index in [4.69, 9.17) is 20.5 Å². The van der Waals surface area contributed by atoms with Crippen LogP contribution in [0.4, 0.5) is 5.82 Å². The van der Waals surface area contributed by atoms with Crippen molar-refractivity contribution in [1.82, 2.24) is 19.1 Å². The molecule has 4 aromatic rings. The minimum Gasteiger partial charge on any atom is -0.350 e. The molecule has 3 atom stereocenters. The maximum Gasteiger partial charge on any atom is 0.351 e. The number of amides is 1. The Kier molecular flexibility index (Phi) is 10.0. The molecule has 0 aliphatic carbocycles. The molecule has 3 aromatic carbocycles. The van der Waals surface area contributed by atoms with Gasteiger partial charge in [0, 0.05) is 26.2 Å². The molecule has 0 radical (unpaired) electrons. The fourth-order valence-electron chi connectivity index (χ4n) is 5.56. The first-order valence-corrected chi connectivity index (χ1v) is 16.1. The lowest BCUT2D eigenvalue weighted by atomic mass is 9.75. The van der Waals surface area contributed by atoms with Crippen molar-refractivity contribution in [2.45, 2.75) is 24.8 Å². The Hall–Kier alpha value is -3.43. The van der Waals surface area contributed by atoms with Crippen LogP contribution in [-0.2, 0) is 19.6 Å². The summed E-state index contributed by atoms with van der Waals surface area (Å²) in [6, 6.07) is 32.7. The Morgan fingerprint density at radius 2 is 1.51 bits per heavy atom. The number of anilines is 1. The smallest absolute Gasteiger partial charge is 0.350 e. The van der Waals surface area contributed by atoms with Gasteiger partial charge < -0.3 is 14.6 Å². The van der Waals surface area contributed by atoms with E-state index in [1.165, 1.54) is 11.5 Å². The number of rotatable bonds is 10. The van der Waals surface area contributed by atoms with E-state index in [1.54, 1.807) is 12.3 Å².